The van der Waals surface area contributed by atoms with Crippen molar-refractivity contribution in [1.29, 1.82) is 0 Å². The van der Waals surface area contributed by atoms with E-state index < -0.39 is 11.7 Å². The van der Waals surface area contributed by atoms with Crippen molar-refractivity contribution in [3.8, 4) is 11.3 Å². The second kappa shape index (κ2) is 9.31. The van der Waals surface area contributed by atoms with Gasteiger partial charge in [0.25, 0.3) is 0 Å². The van der Waals surface area contributed by atoms with Crippen LogP contribution in [0.4, 0.5) is 36.3 Å². The van der Waals surface area contributed by atoms with E-state index in [4.69, 9.17) is 12.2 Å². The Balaban J connectivity index is 1.65. The lowest BCUT2D eigenvalue weighted by Gasteiger charge is -2.14. The number of pyridine rings is 1. The summed E-state index contributed by atoms with van der Waals surface area (Å²) < 4.78 is 39.6. The van der Waals surface area contributed by atoms with Crippen molar-refractivity contribution < 1.29 is 18.0 Å². The van der Waals surface area contributed by atoms with Crippen molar-refractivity contribution >= 4 is 46.3 Å². The number of amides is 1. The number of fused-ring (bicyclic) bond motifs is 3. The van der Waals surface area contributed by atoms with Crippen LogP contribution >= 0.6 is 12.2 Å². The van der Waals surface area contributed by atoms with Crippen molar-refractivity contribution in [2.75, 3.05) is 29.5 Å². The second-order valence-corrected chi connectivity index (χ2v) is 8.08. The monoisotopic (exact) mass is 487 g/mol. The van der Waals surface area contributed by atoms with Crippen LogP contribution in [0.25, 0.3) is 11.3 Å². The Bertz CT molecular complexity index is 1280. The third-order valence-corrected chi connectivity index (χ3v) is 5.28. The minimum Gasteiger partial charge on any atom is -0.349 e. The van der Waals surface area contributed by atoms with E-state index in [-0.39, 0.29) is 24.1 Å². The summed E-state index contributed by atoms with van der Waals surface area (Å²) in [5.41, 5.74) is 2.34. The number of benzene rings is 1. The van der Waals surface area contributed by atoms with Crippen LogP contribution in [0.2, 0.25) is 0 Å². The fourth-order valence-electron chi connectivity index (χ4n) is 3.46. The average Bonchev–Trinajstić information content (AvgIpc) is 2.90. The summed E-state index contributed by atoms with van der Waals surface area (Å²) >= 11 is 5.29. The molecule has 4 N–H and O–H groups in total. The molecule has 0 fully saturated rings. The number of nitrogens with zero attached hydrogens (tertiary/aromatic N) is 3. The van der Waals surface area contributed by atoms with Crippen LogP contribution in [0, 0.1) is 6.92 Å². The molecule has 2 aromatic heterocycles. The number of halogens is 3. The molecule has 0 saturated heterocycles. The Morgan fingerprint density at radius 1 is 1.21 bits per heavy atom. The highest BCUT2D eigenvalue weighted by atomic mass is 32.1. The summed E-state index contributed by atoms with van der Waals surface area (Å²) in [7, 11) is 1.67. The van der Waals surface area contributed by atoms with Gasteiger partial charge in [0.1, 0.15) is 5.82 Å². The number of aryl methyl sites for hydroxylation is 1. The summed E-state index contributed by atoms with van der Waals surface area (Å²) in [6, 6.07) is 6.80. The van der Waals surface area contributed by atoms with Crippen molar-refractivity contribution in [1.82, 2.24) is 20.3 Å². The topological polar surface area (TPSA) is 104 Å². The van der Waals surface area contributed by atoms with Crippen molar-refractivity contribution in [2.24, 2.45) is 0 Å². The van der Waals surface area contributed by atoms with Crippen LogP contribution in [-0.4, -0.2) is 39.4 Å². The highest BCUT2D eigenvalue weighted by Gasteiger charge is 2.32. The molecule has 1 amide bonds. The summed E-state index contributed by atoms with van der Waals surface area (Å²) in [6.07, 6.45) is -2.59. The lowest BCUT2D eigenvalue weighted by molar-refractivity contribution is -0.137. The summed E-state index contributed by atoms with van der Waals surface area (Å²) in [4.78, 5) is 25.4. The molecule has 3 aromatic rings. The van der Waals surface area contributed by atoms with E-state index in [2.05, 4.69) is 36.2 Å². The van der Waals surface area contributed by atoms with Gasteiger partial charge in [-0.25, -0.2) is 15.0 Å². The first-order valence-corrected chi connectivity index (χ1v) is 10.6. The molecule has 8 nitrogen and oxygen atoms in total. The lowest BCUT2D eigenvalue weighted by atomic mass is 10.0. The first-order chi connectivity index (χ1) is 16.1. The van der Waals surface area contributed by atoms with E-state index in [1.807, 2.05) is 0 Å². The highest BCUT2D eigenvalue weighted by Crippen LogP contribution is 2.38. The third kappa shape index (κ3) is 5.13. The van der Waals surface area contributed by atoms with Gasteiger partial charge in [0.2, 0.25) is 11.9 Å². The zero-order valence-electron chi connectivity index (χ0n) is 18.2. The van der Waals surface area contributed by atoms with Crippen LogP contribution < -0.4 is 21.3 Å². The molecule has 0 aliphatic carbocycles. The van der Waals surface area contributed by atoms with Crippen LogP contribution in [0.15, 0.2) is 36.5 Å². The molecule has 1 aromatic carbocycles. The number of anilines is 4. The maximum absolute atomic E-state index is 13.2. The maximum Gasteiger partial charge on any atom is 0.416 e. The molecule has 0 radical (unpaired) electrons. The summed E-state index contributed by atoms with van der Waals surface area (Å²) in [5.74, 6) is 0.428. The van der Waals surface area contributed by atoms with Gasteiger partial charge in [-0.3, -0.25) is 4.79 Å². The maximum atomic E-state index is 13.2. The number of hydrogen-bond acceptors (Lipinski definition) is 7. The van der Waals surface area contributed by atoms with E-state index in [1.165, 1.54) is 6.07 Å². The minimum atomic E-state index is -4.48. The number of alkyl halides is 3. The van der Waals surface area contributed by atoms with Gasteiger partial charge in [-0.2, -0.15) is 13.2 Å². The molecule has 0 unspecified atom stereocenters. The number of rotatable bonds is 5. The smallest absolute Gasteiger partial charge is 0.349 e. The van der Waals surface area contributed by atoms with Crippen LogP contribution in [0.5, 0.6) is 0 Å². The first-order valence-electron chi connectivity index (χ1n) is 10.2. The fraction of sp³-hybridized carbons (Fsp3) is 0.227. The highest BCUT2D eigenvalue weighted by molar-refractivity contribution is 7.80. The number of likely N-dealkylation sites (N-methyl/N-ethyl adjacent to an activating group) is 1. The number of nitrogens with one attached hydrogen (secondary N) is 4. The largest absolute Gasteiger partial charge is 0.416 e. The zero-order chi connectivity index (χ0) is 24.5. The van der Waals surface area contributed by atoms with Crippen molar-refractivity contribution in [2.45, 2.75) is 19.5 Å². The van der Waals surface area contributed by atoms with Gasteiger partial charge >= 0.3 is 6.18 Å². The Morgan fingerprint density at radius 2 is 2.00 bits per heavy atom. The molecule has 3 heterocycles. The quantitative estimate of drug-likeness (QED) is 0.400. The van der Waals surface area contributed by atoms with Gasteiger partial charge in [0.05, 0.1) is 34.2 Å². The Kier molecular flexibility index (Phi) is 6.44. The summed E-state index contributed by atoms with van der Waals surface area (Å²) in [5, 5.41) is 11.4. The second-order valence-electron chi connectivity index (χ2n) is 7.58. The van der Waals surface area contributed by atoms with E-state index in [0.29, 0.717) is 45.4 Å². The number of aromatic nitrogens is 3. The minimum absolute atomic E-state index is 0.161. The molecular weight excluding hydrogens is 467 g/mol. The number of hydrogen-bond donors (Lipinski definition) is 4. The number of thiocarbonyl (C=S) groups is 1. The molecule has 176 valence electrons. The Labute approximate surface area is 198 Å². The molecule has 1 aliphatic heterocycles. The SMILES string of the molecule is CNCC(=O)Nc1ccc(Nc2ncc3c(n2)-c2ccc(C(F)(F)F)cc2NC(=S)C3)c(C)n1. The molecule has 4 rings (SSSR count). The zero-order valence-corrected chi connectivity index (χ0v) is 19.0. The van der Waals surface area contributed by atoms with E-state index >= 15 is 0 Å². The fourth-order valence-corrected chi connectivity index (χ4v) is 3.72. The van der Waals surface area contributed by atoms with E-state index in [0.717, 1.165) is 12.1 Å². The molecular formula is C22H20F3N7OS. The predicted molar refractivity (Wildman–Crippen MR) is 127 cm³/mol. The van der Waals surface area contributed by atoms with Gasteiger partial charge in [0.15, 0.2) is 0 Å². The predicted octanol–water partition coefficient (Wildman–Crippen LogP) is 4.06. The molecule has 0 atom stereocenters. The average molecular weight is 488 g/mol. The number of carbonyl (C=O) groups excluding carboxylic acids is 1. The molecule has 0 saturated carbocycles. The van der Waals surface area contributed by atoms with E-state index in [9.17, 15) is 18.0 Å². The van der Waals surface area contributed by atoms with Crippen LogP contribution in [0.3, 0.4) is 0 Å². The lowest BCUT2D eigenvalue weighted by Crippen LogP contribution is -2.25. The van der Waals surface area contributed by atoms with Gasteiger partial charge in [0, 0.05) is 29.4 Å². The molecule has 34 heavy (non-hydrogen) atoms. The molecule has 12 heteroatoms. The van der Waals surface area contributed by atoms with Gasteiger partial charge < -0.3 is 21.3 Å². The van der Waals surface area contributed by atoms with Crippen molar-refractivity contribution in [3.63, 3.8) is 0 Å². The van der Waals surface area contributed by atoms with Gasteiger partial charge in [-0.15, -0.1) is 0 Å². The normalized spacial score (nSPS) is 12.8. The number of carbonyl (C=O) groups is 1. The molecule has 1 aliphatic rings. The van der Waals surface area contributed by atoms with E-state index in [1.54, 1.807) is 32.3 Å². The van der Waals surface area contributed by atoms with Gasteiger partial charge in [-0.05, 0) is 38.2 Å². The first kappa shape index (κ1) is 23.5. The Hall–Kier alpha value is -3.64. The van der Waals surface area contributed by atoms with Gasteiger partial charge in [-0.1, -0.05) is 18.3 Å². The third-order valence-electron chi connectivity index (χ3n) is 5.03. The molecule has 0 bridgehead atoms. The van der Waals surface area contributed by atoms with Crippen LogP contribution in [0.1, 0.15) is 16.8 Å². The Morgan fingerprint density at radius 3 is 2.71 bits per heavy atom. The standard InChI is InChI=1S/C22H20F3N7OS/c1-11-15(5-6-17(28-11)31-18(33)10-26-2)30-21-27-9-12-7-19(34)29-16-8-13(22(23,24)25)3-4-14(16)20(12)32-21/h3-6,8-9,26H,7,10H2,1-2H3,(H,29,34)(H,27,30,32)(H,28,31,33). The van der Waals surface area contributed by atoms with Crippen molar-refractivity contribution in [3.05, 3.63) is 53.3 Å². The summed E-state index contributed by atoms with van der Waals surface area (Å²) in [6.45, 7) is 1.92. The molecule has 0 spiro atoms. The van der Waals surface area contributed by atoms with Crippen LogP contribution in [-0.2, 0) is 17.4 Å².